The molecular weight excluding hydrogens is 254 g/mol. The smallest absolute Gasteiger partial charge is 0.289 e. The van der Waals surface area contributed by atoms with Crippen molar-refractivity contribution in [2.75, 3.05) is 6.61 Å². The van der Waals surface area contributed by atoms with E-state index in [4.69, 9.17) is 10.4 Å². The molecule has 0 aliphatic rings. The first-order valence-electron chi connectivity index (χ1n) is 6.16. The molecule has 0 bridgehead atoms. The fourth-order valence-electron chi connectivity index (χ4n) is 1.68. The van der Waals surface area contributed by atoms with Crippen molar-refractivity contribution in [3.05, 3.63) is 11.4 Å². The largest absolute Gasteiger partial charge is 0.390 e. The predicted molar refractivity (Wildman–Crippen MR) is 64.5 cm³/mol. The van der Waals surface area contributed by atoms with Crippen molar-refractivity contribution < 1.29 is 13.9 Å². The molecule has 0 aliphatic heterocycles. The van der Waals surface area contributed by atoms with Crippen LogP contribution in [0.3, 0.4) is 0 Å². The fourth-order valence-corrected chi connectivity index (χ4v) is 1.68. The Morgan fingerprint density at radius 2 is 2.16 bits per heavy atom. The zero-order valence-electron chi connectivity index (χ0n) is 11.1. The Bertz CT molecular complexity index is 451. The third kappa shape index (κ3) is 4.56. The number of hydrogen-bond acceptors (Lipinski definition) is 4. The molecule has 0 fully saturated rings. The Morgan fingerprint density at radius 3 is 2.68 bits per heavy atom. The summed E-state index contributed by atoms with van der Waals surface area (Å²) in [6, 6.07) is 1.95. The van der Waals surface area contributed by atoms with E-state index in [1.54, 1.807) is 0 Å². The van der Waals surface area contributed by atoms with Crippen molar-refractivity contribution in [2.24, 2.45) is 5.92 Å². The molecule has 0 saturated heterocycles. The van der Waals surface area contributed by atoms with Crippen molar-refractivity contribution in [2.45, 2.75) is 45.6 Å². The molecule has 0 atom stereocenters. The van der Waals surface area contributed by atoms with E-state index in [1.165, 1.54) is 0 Å². The molecule has 5 nitrogen and oxygen atoms in total. The molecule has 0 amide bonds. The van der Waals surface area contributed by atoms with Crippen molar-refractivity contribution in [3.63, 3.8) is 0 Å². The lowest BCUT2D eigenvalue weighted by Gasteiger charge is -2.15. The van der Waals surface area contributed by atoms with Gasteiger partial charge in [-0.25, -0.2) is 13.5 Å². The van der Waals surface area contributed by atoms with Gasteiger partial charge in [0.2, 0.25) is 0 Å². The number of nitriles is 1. The second kappa shape index (κ2) is 6.57. The van der Waals surface area contributed by atoms with Crippen LogP contribution < -0.4 is 0 Å². The SMILES string of the molecule is CC(C)CCc1c(CC#N)nnn1CC(F)(F)CO. The maximum absolute atomic E-state index is 13.2. The van der Waals surface area contributed by atoms with Gasteiger partial charge in [-0.15, -0.1) is 5.10 Å². The van der Waals surface area contributed by atoms with Crippen LogP contribution in [-0.4, -0.2) is 32.6 Å². The van der Waals surface area contributed by atoms with Gasteiger partial charge >= 0.3 is 0 Å². The third-order valence-electron chi connectivity index (χ3n) is 2.74. The normalized spacial score (nSPS) is 11.8. The van der Waals surface area contributed by atoms with E-state index < -0.39 is 19.1 Å². The van der Waals surface area contributed by atoms with E-state index in [0.717, 1.165) is 11.1 Å². The van der Waals surface area contributed by atoms with Crippen LogP contribution in [-0.2, 0) is 19.4 Å². The predicted octanol–water partition coefficient (Wildman–Crippen LogP) is 1.56. The topological polar surface area (TPSA) is 74.7 Å². The van der Waals surface area contributed by atoms with E-state index >= 15 is 0 Å². The third-order valence-corrected chi connectivity index (χ3v) is 2.74. The molecule has 7 heteroatoms. The number of rotatable bonds is 7. The van der Waals surface area contributed by atoms with Crippen molar-refractivity contribution in [3.8, 4) is 6.07 Å². The maximum Gasteiger partial charge on any atom is 0.289 e. The van der Waals surface area contributed by atoms with Gasteiger partial charge in [-0.2, -0.15) is 5.26 Å². The maximum atomic E-state index is 13.2. The van der Waals surface area contributed by atoms with Crippen molar-refractivity contribution in [1.29, 1.82) is 5.26 Å². The quantitative estimate of drug-likeness (QED) is 0.817. The van der Waals surface area contributed by atoms with E-state index in [0.29, 0.717) is 23.7 Å². The van der Waals surface area contributed by atoms with Gasteiger partial charge in [-0.1, -0.05) is 19.1 Å². The Labute approximate surface area is 110 Å². The molecular formula is C12H18F2N4O. The lowest BCUT2D eigenvalue weighted by Crippen LogP contribution is -2.29. The molecule has 1 N–H and O–H groups in total. The zero-order chi connectivity index (χ0) is 14.5. The van der Waals surface area contributed by atoms with Gasteiger partial charge in [0.25, 0.3) is 5.92 Å². The fraction of sp³-hybridized carbons (Fsp3) is 0.750. The minimum atomic E-state index is -3.23. The van der Waals surface area contributed by atoms with Gasteiger partial charge in [-0.3, -0.25) is 0 Å². The zero-order valence-corrected chi connectivity index (χ0v) is 11.1. The first kappa shape index (κ1) is 15.5. The monoisotopic (exact) mass is 272 g/mol. The first-order valence-corrected chi connectivity index (χ1v) is 6.16. The van der Waals surface area contributed by atoms with Crippen molar-refractivity contribution >= 4 is 0 Å². The molecule has 106 valence electrons. The summed E-state index contributed by atoms with van der Waals surface area (Å²) < 4.78 is 27.5. The highest BCUT2D eigenvalue weighted by Gasteiger charge is 2.30. The molecule has 0 unspecified atom stereocenters. The Hall–Kier alpha value is -1.55. The highest BCUT2D eigenvalue weighted by atomic mass is 19.3. The highest BCUT2D eigenvalue weighted by molar-refractivity contribution is 5.14. The van der Waals surface area contributed by atoms with Gasteiger partial charge in [0.05, 0.1) is 23.9 Å². The molecule has 0 radical (unpaired) electrons. The van der Waals surface area contributed by atoms with Crippen LogP contribution in [0.25, 0.3) is 0 Å². The van der Waals surface area contributed by atoms with E-state index in [9.17, 15) is 8.78 Å². The summed E-state index contributed by atoms with van der Waals surface area (Å²) in [6.45, 7) is 2.11. The number of halogens is 2. The van der Waals surface area contributed by atoms with Crippen LogP contribution in [0.15, 0.2) is 0 Å². The summed E-state index contributed by atoms with van der Waals surface area (Å²) in [5.41, 5.74) is 1.00. The number of aliphatic hydroxyl groups is 1. The van der Waals surface area contributed by atoms with E-state index in [-0.39, 0.29) is 6.42 Å². The lowest BCUT2D eigenvalue weighted by molar-refractivity contribution is -0.0660. The van der Waals surface area contributed by atoms with Gasteiger partial charge in [0.1, 0.15) is 13.2 Å². The van der Waals surface area contributed by atoms with Crippen LogP contribution in [0, 0.1) is 17.2 Å². The van der Waals surface area contributed by atoms with E-state index in [1.807, 2.05) is 19.9 Å². The average molecular weight is 272 g/mol. The molecule has 19 heavy (non-hydrogen) atoms. The summed E-state index contributed by atoms with van der Waals surface area (Å²) in [6.07, 6.45) is 1.40. The van der Waals surface area contributed by atoms with Gasteiger partial charge in [-0.05, 0) is 18.8 Å². The summed E-state index contributed by atoms with van der Waals surface area (Å²) in [5, 5.41) is 24.8. The van der Waals surface area contributed by atoms with Crippen molar-refractivity contribution in [1.82, 2.24) is 15.0 Å². The lowest BCUT2D eigenvalue weighted by atomic mass is 10.0. The average Bonchev–Trinajstić information content (AvgIpc) is 2.69. The summed E-state index contributed by atoms with van der Waals surface area (Å²) in [7, 11) is 0. The van der Waals surface area contributed by atoms with E-state index in [2.05, 4.69) is 10.3 Å². The first-order chi connectivity index (χ1) is 8.89. The highest BCUT2D eigenvalue weighted by Crippen LogP contribution is 2.19. The summed E-state index contributed by atoms with van der Waals surface area (Å²) >= 11 is 0. The number of hydrogen-bond donors (Lipinski definition) is 1. The molecule has 0 saturated carbocycles. The van der Waals surface area contributed by atoms with Gasteiger partial charge < -0.3 is 5.11 Å². The Morgan fingerprint density at radius 1 is 1.47 bits per heavy atom. The molecule has 1 heterocycles. The van der Waals surface area contributed by atoms with Crippen LogP contribution in [0.5, 0.6) is 0 Å². The summed E-state index contributed by atoms with van der Waals surface area (Å²) in [4.78, 5) is 0. The standard InChI is InChI=1S/C12H18F2N4O/c1-9(2)3-4-11-10(5-6-15)16-17-18(11)7-12(13,14)8-19/h9,19H,3-5,7-8H2,1-2H3. The summed E-state index contributed by atoms with van der Waals surface area (Å²) in [5.74, 6) is -2.82. The molecule has 1 aromatic heterocycles. The molecule has 1 aromatic rings. The second-order valence-electron chi connectivity index (χ2n) is 4.92. The molecule has 1 rings (SSSR count). The second-order valence-corrected chi connectivity index (χ2v) is 4.92. The van der Waals surface area contributed by atoms with Crippen LogP contribution in [0.4, 0.5) is 8.78 Å². The Kier molecular flexibility index (Phi) is 5.36. The minimum absolute atomic E-state index is 0.0537. The van der Waals surface area contributed by atoms with Gasteiger partial charge in [0, 0.05) is 0 Å². The molecule has 0 aliphatic carbocycles. The van der Waals surface area contributed by atoms with Crippen LogP contribution in [0.1, 0.15) is 31.7 Å². The van der Waals surface area contributed by atoms with Crippen LogP contribution >= 0.6 is 0 Å². The molecule has 0 spiro atoms. The number of aliphatic hydroxyl groups excluding tert-OH is 1. The van der Waals surface area contributed by atoms with Gasteiger partial charge in [0.15, 0.2) is 0 Å². The van der Waals surface area contributed by atoms with Crippen LogP contribution in [0.2, 0.25) is 0 Å². The number of nitrogens with zero attached hydrogens (tertiary/aromatic N) is 4. The number of aromatic nitrogens is 3. The minimum Gasteiger partial charge on any atom is -0.390 e. The molecule has 0 aromatic carbocycles. The Balaban J connectivity index is 2.94. The number of alkyl halides is 2.